The van der Waals surface area contributed by atoms with Crippen molar-refractivity contribution in [1.82, 2.24) is 19.4 Å². The van der Waals surface area contributed by atoms with Crippen molar-refractivity contribution in [2.45, 2.75) is 20.0 Å². The summed E-state index contributed by atoms with van der Waals surface area (Å²) in [4.78, 5) is 16.6. The Morgan fingerprint density at radius 3 is 2.33 bits per heavy atom. The standard InChI is InChI=1S/C18H19F3N6/c1-12-13(2)22-11-23-17(12)26-7-5-25(6-8-26)14-3-4-16-24-15(18(19,20)21)10-27(16)9-14/h3-4,9-11H,5-8H2,1-2H3. The van der Waals surface area contributed by atoms with Crippen LogP contribution in [-0.2, 0) is 6.18 Å². The number of pyridine rings is 1. The number of fused-ring (bicyclic) bond motifs is 1. The molecule has 4 heterocycles. The van der Waals surface area contributed by atoms with Crippen LogP contribution in [0.15, 0.2) is 30.9 Å². The second-order valence-corrected chi connectivity index (χ2v) is 6.66. The van der Waals surface area contributed by atoms with Crippen molar-refractivity contribution in [3.63, 3.8) is 0 Å². The fourth-order valence-electron chi connectivity index (χ4n) is 3.32. The van der Waals surface area contributed by atoms with Gasteiger partial charge in [-0.1, -0.05) is 0 Å². The van der Waals surface area contributed by atoms with Gasteiger partial charge in [-0.05, 0) is 26.0 Å². The molecule has 3 aromatic rings. The Kier molecular flexibility index (Phi) is 4.16. The van der Waals surface area contributed by atoms with E-state index in [0.29, 0.717) is 0 Å². The van der Waals surface area contributed by atoms with E-state index in [4.69, 9.17) is 0 Å². The Labute approximate surface area is 154 Å². The number of aryl methyl sites for hydroxylation is 1. The van der Waals surface area contributed by atoms with Crippen LogP contribution >= 0.6 is 0 Å². The molecular formula is C18H19F3N6. The van der Waals surface area contributed by atoms with E-state index in [1.165, 1.54) is 4.40 Å². The van der Waals surface area contributed by atoms with Gasteiger partial charge in [-0.2, -0.15) is 13.2 Å². The van der Waals surface area contributed by atoms with E-state index in [1.807, 2.05) is 19.9 Å². The predicted octanol–water partition coefficient (Wildman–Crippen LogP) is 3.09. The van der Waals surface area contributed by atoms with E-state index in [9.17, 15) is 13.2 Å². The molecule has 0 aromatic carbocycles. The lowest BCUT2D eigenvalue weighted by atomic mass is 10.2. The van der Waals surface area contributed by atoms with Crippen molar-refractivity contribution >= 4 is 17.2 Å². The van der Waals surface area contributed by atoms with Crippen LogP contribution in [0, 0.1) is 13.8 Å². The first-order chi connectivity index (χ1) is 12.8. The SMILES string of the molecule is Cc1ncnc(N2CCN(c3ccc4nc(C(F)(F)F)cn4c3)CC2)c1C. The van der Waals surface area contributed by atoms with Gasteiger partial charge in [-0.3, -0.25) is 0 Å². The number of anilines is 2. The molecule has 0 N–H and O–H groups in total. The van der Waals surface area contributed by atoms with Gasteiger partial charge in [0, 0.05) is 49.8 Å². The molecule has 1 aliphatic rings. The van der Waals surface area contributed by atoms with Crippen LogP contribution in [0.1, 0.15) is 17.0 Å². The normalized spacial score (nSPS) is 15.6. The largest absolute Gasteiger partial charge is 0.434 e. The molecule has 0 atom stereocenters. The highest BCUT2D eigenvalue weighted by molar-refractivity contribution is 5.55. The summed E-state index contributed by atoms with van der Waals surface area (Å²) in [6, 6.07) is 3.44. The molecule has 1 aliphatic heterocycles. The molecule has 0 bridgehead atoms. The third-order valence-electron chi connectivity index (χ3n) is 4.98. The average Bonchev–Trinajstić information content (AvgIpc) is 3.08. The molecule has 27 heavy (non-hydrogen) atoms. The minimum Gasteiger partial charge on any atom is -0.367 e. The molecule has 3 aromatic heterocycles. The van der Waals surface area contributed by atoms with Gasteiger partial charge in [0.05, 0.1) is 5.69 Å². The summed E-state index contributed by atoms with van der Waals surface area (Å²) in [5, 5.41) is 0. The van der Waals surface area contributed by atoms with E-state index >= 15 is 0 Å². The second-order valence-electron chi connectivity index (χ2n) is 6.66. The number of aromatic nitrogens is 4. The molecule has 1 saturated heterocycles. The molecule has 4 rings (SSSR count). The summed E-state index contributed by atoms with van der Waals surface area (Å²) in [5.74, 6) is 0.946. The van der Waals surface area contributed by atoms with Crippen LogP contribution in [0.5, 0.6) is 0 Å². The number of nitrogens with zero attached hydrogens (tertiary/aromatic N) is 6. The number of halogens is 3. The first-order valence-electron chi connectivity index (χ1n) is 8.67. The Balaban J connectivity index is 1.51. The summed E-state index contributed by atoms with van der Waals surface area (Å²) in [5.41, 5.74) is 2.33. The summed E-state index contributed by atoms with van der Waals surface area (Å²) in [7, 11) is 0. The van der Waals surface area contributed by atoms with Crippen LogP contribution in [0.4, 0.5) is 24.7 Å². The van der Waals surface area contributed by atoms with Gasteiger partial charge in [-0.15, -0.1) is 0 Å². The summed E-state index contributed by atoms with van der Waals surface area (Å²) >= 11 is 0. The third-order valence-corrected chi connectivity index (χ3v) is 4.98. The van der Waals surface area contributed by atoms with Gasteiger partial charge >= 0.3 is 6.18 Å². The van der Waals surface area contributed by atoms with E-state index < -0.39 is 11.9 Å². The van der Waals surface area contributed by atoms with Crippen molar-refractivity contribution in [2.24, 2.45) is 0 Å². The summed E-state index contributed by atoms with van der Waals surface area (Å²) in [6.07, 6.45) is -0.129. The maximum Gasteiger partial charge on any atom is 0.434 e. The van der Waals surface area contributed by atoms with E-state index in [0.717, 1.165) is 55.1 Å². The first kappa shape index (κ1) is 17.6. The topological polar surface area (TPSA) is 49.6 Å². The Morgan fingerprint density at radius 2 is 1.63 bits per heavy atom. The molecule has 0 saturated carbocycles. The first-order valence-corrected chi connectivity index (χ1v) is 8.67. The zero-order valence-electron chi connectivity index (χ0n) is 15.0. The lowest BCUT2D eigenvalue weighted by Gasteiger charge is -2.37. The Bertz CT molecular complexity index is 973. The second kappa shape index (κ2) is 6.40. The van der Waals surface area contributed by atoms with Crippen molar-refractivity contribution in [2.75, 3.05) is 36.0 Å². The zero-order valence-corrected chi connectivity index (χ0v) is 15.0. The lowest BCUT2D eigenvalue weighted by Crippen LogP contribution is -2.47. The van der Waals surface area contributed by atoms with Crippen LogP contribution in [0.25, 0.3) is 5.65 Å². The number of rotatable bonds is 2. The summed E-state index contributed by atoms with van der Waals surface area (Å²) in [6.45, 7) is 7.07. The number of hydrogen-bond acceptors (Lipinski definition) is 5. The number of piperazine rings is 1. The molecule has 0 amide bonds. The quantitative estimate of drug-likeness (QED) is 0.688. The van der Waals surface area contributed by atoms with Crippen LogP contribution in [0.2, 0.25) is 0 Å². The van der Waals surface area contributed by atoms with Gasteiger partial charge in [0.2, 0.25) is 0 Å². The minimum absolute atomic E-state index is 0.289. The average molecular weight is 376 g/mol. The number of alkyl halides is 3. The van der Waals surface area contributed by atoms with Crippen LogP contribution in [0.3, 0.4) is 0 Å². The van der Waals surface area contributed by atoms with Crippen molar-refractivity contribution in [1.29, 1.82) is 0 Å². The minimum atomic E-state index is -4.44. The molecule has 6 nitrogen and oxygen atoms in total. The van der Waals surface area contributed by atoms with E-state index in [-0.39, 0.29) is 5.65 Å². The highest BCUT2D eigenvalue weighted by Gasteiger charge is 2.34. The molecule has 9 heteroatoms. The van der Waals surface area contributed by atoms with Gasteiger partial charge in [0.1, 0.15) is 17.8 Å². The third kappa shape index (κ3) is 3.29. The predicted molar refractivity (Wildman–Crippen MR) is 96.1 cm³/mol. The van der Waals surface area contributed by atoms with Crippen LogP contribution < -0.4 is 9.80 Å². The Hall–Kier alpha value is -2.84. The maximum atomic E-state index is 12.8. The van der Waals surface area contributed by atoms with Gasteiger partial charge in [0.25, 0.3) is 0 Å². The number of hydrogen-bond donors (Lipinski definition) is 0. The van der Waals surface area contributed by atoms with Gasteiger partial charge in [-0.25, -0.2) is 15.0 Å². The molecule has 0 aliphatic carbocycles. The van der Waals surface area contributed by atoms with Gasteiger partial charge in [0.15, 0.2) is 5.69 Å². The molecular weight excluding hydrogens is 357 g/mol. The smallest absolute Gasteiger partial charge is 0.367 e. The molecule has 0 spiro atoms. The fourth-order valence-corrected chi connectivity index (χ4v) is 3.32. The summed E-state index contributed by atoms with van der Waals surface area (Å²) < 4.78 is 40.0. The van der Waals surface area contributed by atoms with E-state index in [2.05, 4.69) is 24.8 Å². The fraction of sp³-hybridized carbons (Fsp3) is 0.389. The van der Waals surface area contributed by atoms with Gasteiger partial charge < -0.3 is 14.2 Å². The highest BCUT2D eigenvalue weighted by atomic mass is 19.4. The maximum absolute atomic E-state index is 12.8. The number of imidazole rings is 1. The van der Waals surface area contributed by atoms with Crippen molar-refractivity contribution < 1.29 is 13.2 Å². The lowest BCUT2D eigenvalue weighted by molar-refractivity contribution is -0.140. The van der Waals surface area contributed by atoms with Crippen molar-refractivity contribution in [3.05, 3.63) is 47.8 Å². The molecule has 1 fully saturated rings. The molecule has 0 radical (unpaired) electrons. The highest BCUT2D eigenvalue weighted by Crippen LogP contribution is 2.29. The molecule has 142 valence electrons. The molecule has 0 unspecified atom stereocenters. The van der Waals surface area contributed by atoms with Crippen LogP contribution in [-0.4, -0.2) is 45.5 Å². The Morgan fingerprint density at radius 1 is 0.926 bits per heavy atom. The van der Waals surface area contributed by atoms with E-state index in [1.54, 1.807) is 18.6 Å². The van der Waals surface area contributed by atoms with Crippen molar-refractivity contribution in [3.8, 4) is 0 Å². The zero-order chi connectivity index (χ0) is 19.2. The monoisotopic (exact) mass is 376 g/mol.